The Bertz CT molecular complexity index is 948. The molecule has 25 heavy (non-hydrogen) atoms. The highest BCUT2D eigenvalue weighted by atomic mass is 32.1. The Labute approximate surface area is 151 Å². The maximum Gasteiger partial charge on any atom is 0.324 e. The predicted octanol–water partition coefficient (Wildman–Crippen LogP) is 2.80. The normalized spacial score (nSPS) is 16.3. The molecule has 1 aliphatic heterocycles. The Kier molecular flexibility index (Phi) is 4.43. The first-order valence-corrected chi connectivity index (χ1v) is 8.31. The van der Waals surface area contributed by atoms with E-state index < -0.39 is 16.7 Å². The number of anilines is 1. The molecule has 0 saturated carbocycles. The topological polar surface area (TPSA) is 92.6 Å². The van der Waals surface area contributed by atoms with Crippen LogP contribution in [0, 0.1) is 17.0 Å². The number of hydrogen-bond donors (Lipinski definition) is 1. The number of carbonyl (C=O) groups excluding carboxylic acids is 2. The molecule has 1 aromatic carbocycles. The van der Waals surface area contributed by atoms with Gasteiger partial charge in [0.15, 0.2) is 5.11 Å². The van der Waals surface area contributed by atoms with Crippen molar-refractivity contribution < 1.29 is 14.5 Å². The fourth-order valence-corrected chi connectivity index (χ4v) is 3.37. The minimum absolute atomic E-state index is 0.00471. The van der Waals surface area contributed by atoms with E-state index in [0.717, 1.165) is 16.9 Å². The minimum Gasteiger partial charge on any atom is -0.298 e. The molecule has 126 valence electrons. The molecule has 2 aromatic rings. The van der Waals surface area contributed by atoms with Crippen molar-refractivity contribution in [1.29, 1.82) is 0 Å². The van der Waals surface area contributed by atoms with Gasteiger partial charge in [-0.05, 0) is 49.0 Å². The van der Waals surface area contributed by atoms with Gasteiger partial charge in [-0.3, -0.25) is 29.9 Å². The molecule has 0 spiro atoms. The lowest BCUT2D eigenvalue weighted by atomic mass is 10.1. The molecule has 1 aliphatic rings. The molecule has 1 N–H and O–H groups in total. The van der Waals surface area contributed by atoms with E-state index in [1.165, 1.54) is 23.1 Å². The van der Waals surface area contributed by atoms with Crippen molar-refractivity contribution in [3.8, 4) is 0 Å². The first-order valence-electron chi connectivity index (χ1n) is 7.09. The number of hydrogen-bond acceptors (Lipinski definition) is 6. The van der Waals surface area contributed by atoms with Gasteiger partial charge < -0.3 is 0 Å². The molecule has 0 aliphatic carbocycles. The van der Waals surface area contributed by atoms with Crippen LogP contribution in [0.4, 0.5) is 10.7 Å². The molecule has 0 bridgehead atoms. The number of thiocarbonyl (C=S) groups is 1. The highest BCUT2D eigenvalue weighted by Crippen LogP contribution is 2.28. The summed E-state index contributed by atoms with van der Waals surface area (Å²) in [6.07, 6.45) is 1.33. The number of nitrogens with zero attached hydrogens (tertiary/aromatic N) is 2. The van der Waals surface area contributed by atoms with E-state index >= 15 is 0 Å². The van der Waals surface area contributed by atoms with Crippen LogP contribution in [0.2, 0.25) is 0 Å². The van der Waals surface area contributed by atoms with Gasteiger partial charge in [-0.1, -0.05) is 23.5 Å². The molecule has 0 radical (unpaired) electrons. The van der Waals surface area contributed by atoms with Crippen LogP contribution in [0.15, 0.2) is 42.0 Å². The van der Waals surface area contributed by atoms with Gasteiger partial charge in [-0.25, -0.2) is 0 Å². The molecular weight excluding hydrogens is 362 g/mol. The maximum absolute atomic E-state index is 12.8. The molecule has 7 nitrogen and oxygen atoms in total. The highest BCUT2D eigenvalue weighted by Gasteiger charge is 2.34. The molecule has 0 unspecified atom stereocenters. The van der Waals surface area contributed by atoms with E-state index in [-0.39, 0.29) is 15.7 Å². The number of nitrogens with one attached hydrogen (secondary N) is 1. The fourth-order valence-electron chi connectivity index (χ4n) is 2.32. The van der Waals surface area contributed by atoms with Gasteiger partial charge in [-0.2, -0.15) is 0 Å². The van der Waals surface area contributed by atoms with Crippen molar-refractivity contribution >= 4 is 57.2 Å². The van der Waals surface area contributed by atoms with Crippen LogP contribution in [-0.2, 0) is 9.59 Å². The number of amides is 2. The first kappa shape index (κ1) is 16.9. The lowest BCUT2D eigenvalue weighted by Crippen LogP contribution is -2.54. The number of aryl methyl sites for hydroxylation is 1. The summed E-state index contributed by atoms with van der Waals surface area (Å²) in [6, 6.07) is 9.95. The van der Waals surface area contributed by atoms with Crippen molar-refractivity contribution in [2.24, 2.45) is 0 Å². The quantitative estimate of drug-likeness (QED) is 0.294. The summed E-state index contributed by atoms with van der Waals surface area (Å²) in [5, 5.41) is 13.2. The van der Waals surface area contributed by atoms with Crippen LogP contribution in [0.1, 0.15) is 10.4 Å². The summed E-state index contributed by atoms with van der Waals surface area (Å²) in [7, 11) is 0. The van der Waals surface area contributed by atoms with Gasteiger partial charge in [0.2, 0.25) is 0 Å². The molecule has 1 aromatic heterocycles. The van der Waals surface area contributed by atoms with E-state index in [4.69, 9.17) is 12.2 Å². The lowest BCUT2D eigenvalue weighted by Gasteiger charge is -2.29. The largest absolute Gasteiger partial charge is 0.324 e. The summed E-state index contributed by atoms with van der Waals surface area (Å²) in [5.74, 6) is -1.20. The average Bonchev–Trinajstić information content (AvgIpc) is 3.00. The zero-order valence-corrected chi connectivity index (χ0v) is 14.5. The summed E-state index contributed by atoms with van der Waals surface area (Å²) < 4.78 is 0. The van der Waals surface area contributed by atoms with Crippen molar-refractivity contribution in [1.82, 2.24) is 5.32 Å². The van der Waals surface area contributed by atoms with Crippen molar-refractivity contribution in [2.75, 3.05) is 4.90 Å². The van der Waals surface area contributed by atoms with Crippen LogP contribution in [0.3, 0.4) is 0 Å². The van der Waals surface area contributed by atoms with E-state index in [9.17, 15) is 19.7 Å². The van der Waals surface area contributed by atoms with Crippen molar-refractivity contribution in [3.63, 3.8) is 0 Å². The van der Waals surface area contributed by atoms with E-state index in [0.29, 0.717) is 10.6 Å². The summed E-state index contributed by atoms with van der Waals surface area (Å²) in [6.45, 7) is 1.88. The average molecular weight is 373 g/mol. The maximum atomic E-state index is 12.8. The molecular formula is C16H11N3O4S2. The molecule has 1 fully saturated rings. The van der Waals surface area contributed by atoms with Gasteiger partial charge in [0.25, 0.3) is 11.8 Å². The van der Waals surface area contributed by atoms with Gasteiger partial charge in [-0.15, -0.1) is 0 Å². The summed E-state index contributed by atoms with van der Waals surface area (Å²) in [4.78, 5) is 36.9. The molecule has 1 saturated heterocycles. The van der Waals surface area contributed by atoms with E-state index in [1.54, 1.807) is 18.2 Å². The standard InChI is InChI=1S/C16H11N3O4S2/c1-9-3-2-4-10(7-9)18-15(21)12(14(20)17-16(18)24)8-11-5-6-13(25-11)19(22)23/h2-8H,1H3,(H,17,20,24)/b12-8+. The minimum atomic E-state index is -0.630. The fraction of sp³-hybridized carbons (Fsp3) is 0.0625. The Morgan fingerprint density at radius 2 is 2.04 bits per heavy atom. The second-order valence-electron chi connectivity index (χ2n) is 5.23. The molecule has 0 atom stereocenters. The number of carbonyl (C=O) groups is 2. The second kappa shape index (κ2) is 6.54. The molecule has 2 amide bonds. The van der Waals surface area contributed by atoms with Crippen LogP contribution in [0.5, 0.6) is 0 Å². The zero-order valence-electron chi connectivity index (χ0n) is 12.9. The summed E-state index contributed by atoms with van der Waals surface area (Å²) in [5.41, 5.74) is 1.34. The third-order valence-corrected chi connectivity index (χ3v) is 4.71. The van der Waals surface area contributed by atoms with Gasteiger partial charge in [0.1, 0.15) is 5.57 Å². The monoisotopic (exact) mass is 373 g/mol. The third-order valence-electron chi connectivity index (χ3n) is 3.44. The van der Waals surface area contributed by atoms with Crippen molar-refractivity contribution in [2.45, 2.75) is 6.92 Å². The molecule has 9 heteroatoms. The van der Waals surface area contributed by atoms with E-state index in [1.807, 2.05) is 13.0 Å². The number of thiophene rings is 1. The van der Waals surface area contributed by atoms with Gasteiger partial charge in [0.05, 0.1) is 10.6 Å². The second-order valence-corrected chi connectivity index (χ2v) is 6.71. The zero-order chi connectivity index (χ0) is 18.1. The Balaban J connectivity index is 2.00. The molecule has 2 heterocycles. The van der Waals surface area contributed by atoms with Crippen LogP contribution < -0.4 is 10.2 Å². The smallest absolute Gasteiger partial charge is 0.298 e. The van der Waals surface area contributed by atoms with Crippen LogP contribution >= 0.6 is 23.6 Å². The summed E-state index contributed by atoms with van der Waals surface area (Å²) >= 11 is 6.00. The Morgan fingerprint density at radius 3 is 2.68 bits per heavy atom. The highest BCUT2D eigenvalue weighted by molar-refractivity contribution is 7.80. The number of benzene rings is 1. The molecule has 3 rings (SSSR count). The Morgan fingerprint density at radius 1 is 1.28 bits per heavy atom. The number of nitro groups is 1. The van der Waals surface area contributed by atoms with Gasteiger partial charge in [0, 0.05) is 10.9 Å². The third kappa shape index (κ3) is 3.32. The first-order chi connectivity index (χ1) is 11.9. The number of rotatable bonds is 3. The van der Waals surface area contributed by atoms with Gasteiger partial charge >= 0.3 is 5.00 Å². The van der Waals surface area contributed by atoms with Crippen LogP contribution in [0.25, 0.3) is 6.08 Å². The Hall–Kier alpha value is -2.91. The SMILES string of the molecule is Cc1cccc(N2C(=O)/C(=C/c3ccc([N+](=O)[O-])s3)C(=O)NC2=S)c1. The van der Waals surface area contributed by atoms with E-state index in [2.05, 4.69) is 5.32 Å². The lowest BCUT2D eigenvalue weighted by molar-refractivity contribution is -0.380. The van der Waals surface area contributed by atoms with Crippen molar-refractivity contribution in [3.05, 3.63) is 62.5 Å². The van der Waals surface area contributed by atoms with Crippen LogP contribution in [-0.4, -0.2) is 21.9 Å². The predicted molar refractivity (Wildman–Crippen MR) is 98.4 cm³/mol.